The van der Waals surface area contributed by atoms with Gasteiger partial charge in [-0.3, -0.25) is 19.4 Å². The van der Waals surface area contributed by atoms with Crippen molar-refractivity contribution in [1.29, 1.82) is 0 Å². The average Bonchev–Trinajstić information content (AvgIpc) is 2.61. The Hall–Kier alpha value is -2.66. The molecule has 0 aliphatic carbocycles. The topological polar surface area (TPSA) is 52.7 Å². The molecular weight excluding hydrogens is 302 g/mol. The summed E-state index contributed by atoms with van der Waals surface area (Å²) < 4.78 is 0. The van der Waals surface area contributed by atoms with Crippen LogP contribution in [0.2, 0.25) is 0 Å². The second-order valence-electron chi connectivity index (χ2n) is 5.83. The monoisotopic (exact) mass is 323 g/mol. The van der Waals surface area contributed by atoms with Gasteiger partial charge in [-0.25, -0.2) is 0 Å². The maximum Gasteiger partial charge on any atom is 0.244 e. The molecule has 1 aliphatic rings. The fraction of sp³-hybridized carbons (Fsp3) is 0.263. The van der Waals surface area contributed by atoms with Crippen LogP contribution in [-0.4, -0.2) is 36.3 Å². The van der Waals surface area contributed by atoms with Crippen LogP contribution in [0.3, 0.4) is 0 Å². The van der Waals surface area contributed by atoms with Gasteiger partial charge in [0.25, 0.3) is 0 Å². The first-order valence-electron chi connectivity index (χ1n) is 8.13. The maximum absolute atomic E-state index is 12.8. The average molecular weight is 323 g/mol. The summed E-state index contributed by atoms with van der Waals surface area (Å²) in [5.41, 5.74) is 2.62. The number of para-hydroxylation sites is 2. The van der Waals surface area contributed by atoms with Crippen LogP contribution in [0.25, 0.3) is 0 Å². The number of likely N-dealkylation sites (N-methyl/N-ethyl adjacent to an activating group) is 1. The van der Waals surface area contributed by atoms with E-state index in [1.807, 2.05) is 49.4 Å². The number of hydrogen-bond donors (Lipinski definition) is 1. The summed E-state index contributed by atoms with van der Waals surface area (Å²) in [6, 6.07) is 17.5. The minimum atomic E-state index is -0.159. The van der Waals surface area contributed by atoms with Gasteiger partial charge in [0.2, 0.25) is 11.8 Å². The SMILES string of the molecule is CCN(CC(=O)N1CC(=O)Nc2ccccc21)Cc1ccccc1. The van der Waals surface area contributed by atoms with Gasteiger partial charge in [0, 0.05) is 6.54 Å². The summed E-state index contributed by atoms with van der Waals surface area (Å²) in [6.07, 6.45) is 0. The Labute approximate surface area is 141 Å². The van der Waals surface area contributed by atoms with E-state index < -0.39 is 0 Å². The first-order valence-corrected chi connectivity index (χ1v) is 8.13. The predicted molar refractivity (Wildman–Crippen MR) is 94.8 cm³/mol. The van der Waals surface area contributed by atoms with E-state index in [2.05, 4.69) is 22.3 Å². The number of hydrogen-bond acceptors (Lipinski definition) is 3. The highest BCUT2D eigenvalue weighted by Crippen LogP contribution is 2.28. The largest absolute Gasteiger partial charge is 0.323 e. The molecule has 0 saturated heterocycles. The van der Waals surface area contributed by atoms with Gasteiger partial charge >= 0.3 is 0 Å². The number of benzene rings is 2. The van der Waals surface area contributed by atoms with Crippen LogP contribution in [0.4, 0.5) is 11.4 Å². The van der Waals surface area contributed by atoms with Crippen molar-refractivity contribution in [2.24, 2.45) is 0 Å². The van der Waals surface area contributed by atoms with Crippen molar-refractivity contribution in [1.82, 2.24) is 4.90 Å². The molecule has 0 spiro atoms. The van der Waals surface area contributed by atoms with Crippen molar-refractivity contribution >= 4 is 23.2 Å². The van der Waals surface area contributed by atoms with Gasteiger partial charge in [0.1, 0.15) is 6.54 Å². The molecule has 0 fully saturated rings. The lowest BCUT2D eigenvalue weighted by Crippen LogP contribution is -2.46. The van der Waals surface area contributed by atoms with Gasteiger partial charge in [-0.1, -0.05) is 49.4 Å². The molecule has 0 atom stereocenters. The van der Waals surface area contributed by atoms with Crippen molar-refractivity contribution in [3.05, 3.63) is 60.2 Å². The molecule has 0 radical (unpaired) electrons. The molecule has 0 aromatic heterocycles. The lowest BCUT2D eigenvalue weighted by molar-refractivity contribution is -0.122. The van der Waals surface area contributed by atoms with Crippen molar-refractivity contribution in [3.8, 4) is 0 Å². The fourth-order valence-corrected chi connectivity index (χ4v) is 2.85. The van der Waals surface area contributed by atoms with Crippen LogP contribution in [0.15, 0.2) is 54.6 Å². The van der Waals surface area contributed by atoms with E-state index in [4.69, 9.17) is 0 Å². The third-order valence-corrected chi connectivity index (χ3v) is 4.13. The van der Waals surface area contributed by atoms with E-state index in [0.717, 1.165) is 12.2 Å². The molecule has 5 heteroatoms. The first-order chi connectivity index (χ1) is 11.7. The number of rotatable bonds is 5. The van der Waals surface area contributed by atoms with Crippen LogP contribution >= 0.6 is 0 Å². The Morgan fingerprint density at radius 2 is 1.83 bits per heavy atom. The van der Waals surface area contributed by atoms with Gasteiger partial charge in [-0.15, -0.1) is 0 Å². The van der Waals surface area contributed by atoms with E-state index in [9.17, 15) is 9.59 Å². The Morgan fingerprint density at radius 1 is 1.12 bits per heavy atom. The van der Waals surface area contributed by atoms with E-state index in [0.29, 0.717) is 12.2 Å². The number of anilines is 2. The number of carbonyl (C=O) groups excluding carboxylic acids is 2. The molecule has 1 N–H and O–H groups in total. The normalized spacial score (nSPS) is 13.6. The second kappa shape index (κ2) is 7.27. The summed E-state index contributed by atoms with van der Waals surface area (Å²) >= 11 is 0. The number of carbonyl (C=O) groups is 2. The lowest BCUT2D eigenvalue weighted by Gasteiger charge is -2.31. The summed E-state index contributed by atoms with van der Waals surface area (Å²) in [7, 11) is 0. The van der Waals surface area contributed by atoms with Crippen molar-refractivity contribution in [2.75, 3.05) is 29.9 Å². The van der Waals surface area contributed by atoms with Gasteiger partial charge in [0.15, 0.2) is 0 Å². The summed E-state index contributed by atoms with van der Waals surface area (Å²) in [5.74, 6) is -0.219. The highest BCUT2D eigenvalue weighted by Gasteiger charge is 2.27. The maximum atomic E-state index is 12.8. The van der Waals surface area contributed by atoms with Gasteiger partial charge in [-0.05, 0) is 24.2 Å². The molecule has 0 bridgehead atoms. The molecule has 0 saturated carbocycles. The summed E-state index contributed by atoms with van der Waals surface area (Å²) in [4.78, 5) is 28.3. The van der Waals surface area contributed by atoms with Crippen molar-refractivity contribution in [3.63, 3.8) is 0 Å². The Morgan fingerprint density at radius 3 is 2.58 bits per heavy atom. The zero-order valence-electron chi connectivity index (χ0n) is 13.7. The molecule has 5 nitrogen and oxygen atoms in total. The second-order valence-corrected chi connectivity index (χ2v) is 5.83. The van der Waals surface area contributed by atoms with Crippen molar-refractivity contribution in [2.45, 2.75) is 13.5 Å². The molecule has 24 heavy (non-hydrogen) atoms. The Kier molecular flexibility index (Phi) is 4.91. The quantitative estimate of drug-likeness (QED) is 0.920. The number of nitrogens with zero attached hydrogens (tertiary/aromatic N) is 2. The molecule has 124 valence electrons. The molecule has 1 heterocycles. The molecular formula is C19H21N3O2. The molecule has 2 amide bonds. The Balaban J connectivity index is 1.73. The van der Waals surface area contributed by atoms with E-state index in [1.54, 1.807) is 4.90 Å². The predicted octanol–water partition coefficient (Wildman–Crippen LogP) is 2.49. The van der Waals surface area contributed by atoms with Crippen LogP contribution in [0.5, 0.6) is 0 Å². The van der Waals surface area contributed by atoms with Gasteiger partial charge in [-0.2, -0.15) is 0 Å². The highest BCUT2D eigenvalue weighted by atomic mass is 16.2. The zero-order valence-corrected chi connectivity index (χ0v) is 13.7. The van der Waals surface area contributed by atoms with Gasteiger partial charge in [0.05, 0.1) is 17.9 Å². The number of fused-ring (bicyclic) bond motifs is 1. The molecule has 2 aromatic rings. The smallest absolute Gasteiger partial charge is 0.244 e. The lowest BCUT2D eigenvalue weighted by atomic mass is 10.2. The minimum Gasteiger partial charge on any atom is -0.323 e. The summed E-state index contributed by atoms with van der Waals surface area (Å²) in [6.45, 7) is 3.87. The molecule has 3 rings (SSSR count). The standard InChI is InChI=1S/C19H21N3O2/c1-2-21(12-15-8-4-3-5-9-15)14-19(24)22-13-18(23)20-16-10-6-7-11-17(16)22/h3-11H,2,12-14H2,1H3,(H,20,23). The minimum absolute atomic E-state index is 0.0601. The van der Waals surface area contributed by atoms with Crippen LogP contribution in [0.1, 0.15) is 12.5 Å². The zero-order chi connectivity index (χ0) is 16.9. The van der Waals surface area contributed by atoms with E-state index in [-0.39, 0.29) is 24.9 Å². The first kappa shape index (κ1) is 16.2. The van der Waals surface area contributed by atoms with E-state index in [1.165, 1.54) is 5.56 Å². The van der Waals surface area contributed by atoms with Gasteiger partial charge < -0.3 is 5.32 Å². The van der Waals surface area contributed by atoms with Crippen LogP contribution < -0.4 is 10.2 Å². The van der Waals surface area contributed by atoms with Crippen molar-refractivity contribution < 1.29 is 9.59 Å². The molecule has 2 aromatic carbocycles. The Bertz CT molecular complexity index is 730. The van der Waals surface area contributed by atoms with Crippen LogP contribution in [0, 0.1) is 0 Å². The molecule has 0 unspecified atom stereocenters. The third kappa shape index (κ3) is 3.63. The summed E-state index contributed by atoms with van der Waals surface area (Å²) in [5, 5.41) is 2.81. The van der Waals surface area contributed by atoms with E-state index >= 15 is 0 Å². The molecule has 1 aliphatic heterocycles. The number of amides is 2. The highest BCUT2D eigenvalue weighted by molar-refractivity contribution is 6.10. The fourth-order valence-electron chi connectivity index (χ4n) is 2.85. The third-order valence-electron chi connectivity index (χ3n) is 4.13. The number of nitrogens with one attached hydrogen (secondary N) is 1. The van der Waals surface area contributed by atoms with Crippen LogP contribution in [-0.2, 0) is 16.1 Å².